The molecule has 2 aliphatic heterocycles. The Hall–Kier alpha value is -0.940. The Morgan fingerprint density at radius 2 is 1.96 bits per heavy atom. The van der Waals surface area contributed by atoms with E-state index < -0.39 is 5.41 Å². The minimum absolute atomic E-state index is 0.0178. The zero-order chi connectivity index (χ0) is 18.3. The molecule has 5 heteroatoms. The van der Waals surface area contributed by atoms with Crippen molar-refractivity contribution < 1.29 is 23.8 Å². The molecule has 5 fully saturated rings. The van der Waals surface area contributed by atoms with Crippen LogP contribution >= 0.6 is 0 Å². The fourth-order valence-electron chi connectivity index (χ4n) is 7.85. The number of hydrogen-bond acceptors (Lipinski definition) is 5. The second-order valence-corrected chi connectivity index (χ2v) is 9.93. The zero-order valence-electron chi connectivity index (χ0n) is 16.1. The van der Waals surface area contributed by atoms with Crippen LogP contribution in [0, 0.1) is 39.9 Å². The summed E-state index contributed by atoms with van der Waals surface area (Å²) in [5.74, 6) is 0.490. The molecule has 8 atom stereocenters. The lowest BCUT2D eigenvalue weighted by Gasteiger charge is -2.60. The molecule has 144 valence electrons. The van der Waals surface area contributed by atoms with Crippen molar-refractivity contribution in [1.29, 1.82) is 0 Å². The molecule has 0 aromatic rings. The smallest absolute Gasteiger partial charge is 0.319 e. The van der Waals surface area contributed by atoms with E-state index in [-0.39, 0.29) is 46.6 Å². The molecular weight excluding hydrogens is 332 g/mol. The molecule has 0 N–H and O–H groups in total. The summed E-state index contributed by atoms with van der Waals surface area (Å²) < 4.78 is 17.7. The SMILES string of the molecule is CO[C@H]1OC[C@]2(C)CCC[C@]3(COC(=O)[C@@]45C[C@@H](CC[C@H]43)[C@H](C)C5=O)[C@H]12. The molecule has 5 aliphatic rings. The molecule has 0 radical (unpaired) electrons. The maximum Gasteiger partial charge on any atom is 0.319 e. The Bertz CT molecular complexity index is 661. The van der Waals surface area contributed by atoms with Gasteiger partial charge in [0.25, 0.3) is 0 Å². The van der Waals surface area contributed by atoms with Gasteiger partial charge in [0.05, 0.1) is 13.2 Å². The predicted molar refractivity (Wildman–Crippen MR) is 93.0 cm³/mol. The molecule has 2 spiro atoms. The lowest BCUT2D eigenvalue weighted by atomic mass is 9.45. The fraction of sp³-hybridized carbons (Fsp3) is 0.905. The lowest BCUT2D eigenvalue weighted by molar-refractivity contribution is -0.228. The highest BCUT2D eigenvalue weighted by atomic mass is 16.7. The van der Waals surface area contributed by atoms with E-state index in [9.17, 15) is 9.59 Å². The Kier molecular flexibility index (Phi) is 3.51. The number of carbonyl (C=O) groups excluding carboxylic acids is 2. The van der Waals surface area contributed by atoms with Crippen LogP contribution in [0.4, 0.5) is 0 Å². The van der Waals surface area contributed by atoms with Gasteiger partial charge in [0.1, 0.15) is 5.41 Å². The number of ether oxygens (including phenoxy) is 3. The molecule has 0 aromatic heterocycles. The molecule has 0 unspecified atom stereocenters. The van der Waals surface area contributed by atoms with Crippen molar-refractivity contribution >= 4 is 11.8 Å². The number of cyclic esters (lactones) is 1. The van der Waals surface area contributed by atoms with Crippen LogP contribution in [0.5, 0.6) is 0 Å². The summed E-state index contributed by atoms with van der Waals surface area (Å²) in [6.45, 7) is 5.43. The van der Waals surface area contributed by atoms with E-state index in [1.54, 1.807) is 7.11 Å². The zero-order valence-corrected chi connectivity index (χ0v) is 16.1. The van der Waals surface area contributed by atoms with E-state index in [1.807, 2.05) is 6.92 Å². The highest BCUT2D eigenvalue weighted by Gasteiger charge is 2.74. The van der Waals surface area contributed by atoms with Crippen LogP contribution in [0.3, 0.4) is 0 Å². The number of hydrogen-bond donors (Lipinski definition) is 0. The first-order valence-electron chi connectivity index (χ1n) is 10.2. The maximum absolute atomic E-state index is 13.3. The maximum atomic E-state index is 13.3. The van der Waals surface area contributed by atoms with Crippen LogP contribution in [-0.4, -0.2) is 38.4 Å². The van der Waals surface area contributed by atoms with E-state index in [4.69, 9.17) is 14.2 Å². The average Bonchev–Trinajstić information content (AvgIpc) is 3.08. The third-order valence-electron chi connectivity index (χ3n) is 8.94. The number of rotatable bonds is 1. The van der Waals surface area contributed by atoms with Gasteiger partial charge in [0, 0.05) is 24.4 Å². The van der Waals surface area contributed by atoms with Gasteiger partial charge in [0.2, 0.25) is 0 Å². The van der Waals surface area contributed by atoms with Gasteiger partial charge < -0.3 is 14.2 Å². The number of methoxy groups -OCH3 is 1. The predicted octanol–water partition coefficient (Wildman–Crippen LogP) is 2.96. The highest BCUT2D eigenvalue weighted by Crippen LogP contribution is 2.69. The minimum atomic E-state index is -0.903. The highest BCUT2D eigenvalue weighted by molar-refractivity contribution is 6.07. The van der Waals surface area contributed by atoms with Crippen molar-refractivity contribution in [2.75, 3.05) is 20.3 Å². The van der Waals surface area contributed by atoms with Crippen molar-refractivity contribution in [2.45, 2.75) is 58.7 Å². The van der Waals surface area contributed by atoms with Gasteiger partial charge in [-0.2, -0.15) is 0 Å². The Labute approximate surface area is 155 Å². The van der Waals surface area contributed by atoms with Gasteiger partial charge in [-0.15, -0.1) is 0 Å². The van der Waals surface area contributed by atoms with Crippen LogP contribution < -0.4 is 0 Å². The van der Waals surface area contributed by atoms with E-state index in [0.717, 1.165) is 32.1 Å². The Balaban J connectivity index is 1.65. The third kappa shape index (κ3) is 1.80. The largest absolute Gasteiger partial charge is 0.464 e. The monoisotopic (exact) mass is 362 g/mol. The summed E-state index contributed by atoms with van der Waals surface area (Å²) >= 11 is 0. The number of ketones is 1. The Morgan fingerprint density at radius 3 is 2.73 bits per heavy atom. The minimum Gasteiger partial charge on any atom is -0.464 e. The molecule has 2 saturated heterocycles. The molecule has 5 rings (SSSR count). The molecule has 2 heterocycles. The first-order valence-corrected chi connectivity index (χ1v) is 10.2. The summed E-state index contributed by atoms with van der Waals surface area (Å²) in [5, 5.41) is 0. The number of Topliss-reactive ketones (excluding diaryl/α,β-unsaturated/α-hetero) is 1. The van der Waals surface area contributed by atoms with Crippen LogP contribution in [0.15, 0.2) is 0 Å². The van der Waals surface area contributed by atoms with Crippen molar-refractivity contribution in [1.82, 2.24) is 0 Å². The van der Waals surface area contributed by atoms with E-state index in [0.29, 0.717) is 25.6 Å². The van der Waals surface area contributed by atoms with Crippen molar-refractivity contribution in [3.63, 3.8) is 0 Å². The number of esters is 1. The van der Waals surface area contributed by atoms with Gasteiger partial charge in [0.15, 0.2) is 12.1 Å². The topological polar surface area (TPSA) is 61.8 Å². The van der Waals surface area contributed by atoms with Gasteiger partial charge in [-0.05, 0) is 49.4 Å². The third-order valence-corrected chi connectivity index (χ3v) is 8.94. The molecule has 2 bridgehead atoms. The van der Waals surface area contributed by atoms with Crippen molar-refractivity contribution in [3.05, 3.63) is 0 Å². The van der Waals surface area contributed by atoms with Gasteiger partial charge in [-0.25, -0.2) is 0 Å². The standard InChI is InChI=1S/C21H30O5/c1-12-13-5-6-14-20(11-26-18(23)21(14,9-13)16(12)22)8-4-7-19(2)10-25-17(24-3)15(19)20/h12-15,17H,4-11H2,1-3H3/t12-,13+,14-,15+,17-,19-,20+,21-/m0/s1. The van der Waals surface area contributed by atoms with Gasteiger partial charge in [-0.1, -0.05) is 20.3 Å². The molecule has 3 saturated carbocycles. The van der Waals surface area contributed by atoms with Gasteiger partial charge in [-0.3, -0.25) is 9.59 Å². The van der Waals surface area contributed by atoms with Crippen molar-refractivity contribution in [2.24, 2.45) is 39.9 Å². The molecule has 3 aliphatic carbocycles. The summed E-state index contributed by atoms with van der Waals surface area (Å²) in [7, 11) is 1.71. The molecule has 0 amide bonds. The summed E-state index contributed by atoms with van der Waals surface area (Å²) in [6, 6.07) is 0. The van der Waals surface area contributed by atoms with Crippen LogP contribution in [0.2, 0.25) is 0 Å². The normalized spacial score (nSPS) is 55.6. The molecular formula is C21H30O5. The molecule has 5 nitrogen and oxygen atoms in total. The molecule has 26 heavy (non-hydrogen) atoms. The number of fused-ring (bicyclic) bond motifs is 4. The van der Waals surface area contributed by atoms with Crippen LogP contribution in [0.25, 0.3) is 0 Å². The quantitative estimate of drug-likeness (QED) is 0.530. The van der Waals surface area contributed by atoms with E-state index in [2.05, 4.69) is 6.92 Å². The van der Waals surface area contributed by atoms with Crippen molar-refractivity contribution in [3.8, 4) is 0 Å². The fourth-order valence-corrected chi connectivity index (χ4v) is 7.85. The first kappa shape index (κ1) is 17.2. The first-order chi connectivity index (χ1) is 12.4. The summed E-state index contributed by atoms with van der Waals surface area (Å²) in [6.07, 6.45) is 5.66. The summed E-state index contributed by atoms with van der Waals surface area (Å²) in [4.78, 5) is 26.3. The summed E-state index contributed by atoms with van der Waals surface area (Å²) in [5.41, 5.74) is -1.06. The van der Waals surface area contributed by atoms with Gasteiger partial charge >= 0.3 is 5.97 Å². The second kappa shape index (κ2) is 5.32. The van der Waals surface area contributed by atoms with E-state index >= 15 is 0 Å². The lowest BCUT2D eigenvalue weighted by Crippen LogP contribution is -2.64. The molecule has 0 aromatic carbocycles. The average molecular weight is 362 g/mol. The van der Waals surface area contributed by atoms with E-state index in [1.165, 1.54) is 0 Å². The van der Waals surface area contributed by atoms with Crippen LogP contribution in [0.1, 0.15) is 52.4 Å². The Morgan fingerprint density at radius 1 is 1.15 bits per heavy atom. The van der Waals surface area contributed by atoms with Crippen LogP contribution in [-0.2, 0) is 23.8 Å². The number of carbonyl (C=O) groups is 2. The second-order valence-electron chi connectivity index (χ2n) is 9.93.